The summed E-state index contributed by atoms with van der Waals surface area (Å²) in [4.78, 5) is 38.6. The molecule has 0 aromatic heterocycles. The Balaban J connectivity index is 1.86. The van der Waals surface area contributed by atoms with Gasteiger partial charge in [0, 0.05) is 42.6 Å². The van der Waals surface area contributed by atoms with Crippen LogP contribution < -0.4 is 5.32 Å². The first-order valence-electron chi connectivity index (χ1n) is 9.71. The molecule has 1 heterocycles. The van der Waals surface area contributed by atoms with E-state index in [1.54, 1.807) is 49.9 Å². The summed E-state index contributed by atoms with van der Waals surface area (Å²) in [5, 5.41) is 3.33. The fourth-order valence-corrected chi connectivity index (χ4v) is 3.33. The number of nitrogens with one attached hydrogen (secondary N) is 1. The largest absolute Gasteiger partial charge is 0.444 e. The highest BCUT2D eigenvalue weighted by atomic mass is 35.5. The molecule has 1 saturated heterocycles. The summed E-state index contributed by atoms with van der Waals surface area (Å²) in [6.07, 6.45) is 2.59. The van der Waals surface area contributed by atoms with E-state index >= 15 is 0 Å². The molecular weight excluding hydrogens is 380 g/mol. The Morgan fingerprint density at radius 1 is 1.14 bits per heavy atom. The summed E-state index contributed by atoms with van der Waals surface area (Å²) in [6.45, 7) is 6.42. The second-order valence-corrected chi connectivity index (χ2v) is 8.49. The summed E-state index contributed by atoms with van der Waals surface area (Å²) in [5.74, 6) is -0.136. The Morgan fingerprint density at radius 3 is 2.46 bits per heavy atom. The van der Waals surface area contributed by atoms with Crippen molar-refractivity contribution in [2.75, 3.05) is 13.1 Å². The fraction of sp³-hybridized carbons (Fsp3) is 0.571. The maximum Gasteiger partial charge on any atom is 0.407 e. The van der Waals surface area contributed by atoms with E-state index in [2.05, 4.69) is 5.32 Å². The van der Waals surface area contributed by atoms with Crippen LogP contribution in [0.3, 0.4) is 0 Å². The molecule has 1 atom stereocenters. The quantitative estimate of drug-likeness (QED) is 0.715. The smallest absolute Gasteiger partial charge is 0.407 e. The van der Waals surface area contributed by atoms with Crippen LogP contribution in [0.15, 0.2) is 24.3 Å². The number of alkyl carbamates (subject to hydrolysis) is 1. The van der Waals surface area contributed by atoms with E-state index in [0.717, 1.165) is 19.3 Å². The molecular formula is C21H29ClN2O4. The van der Waals surface area contributed by atoms with E-state index < -0.39 is 11.7 Å². The van der Waals surface area contributed by atoms with Crippen LogP contribution >= 0.6 is 11.6 Å². The molecule has 1 aromatic carbocycles. The highest BCUT2D eigenvalue weighted by molar-refractivity contribution is 6.30. The number of ether oxygens (including phenoxy) is 1. The van der Waals surface area contributed by atoms with E-state index in [-0.39, 0.29) is 30.6 Å². The number of piperidine rings is 1. The summed E-state index contributed by atoms with van der Waals surface area (Å²) >= 11 is 5.84. The van der Waals surface area contributed by atoms with Gasteiger partial charge in [-0.2, -0.15) is 0 Å². The molecule has 1 unspecified atom stereocenters. The van der Waals surface area contributed by atoms with Crippen molar-refractivity contribution in [3.05, 3.63) is 34.9 Å². The Hall–Kier alpha value is -2.08. The molecule has 0 spiro atoms. The predicted octanol–water partition coefficient (Wildman–Crippen LogP) is 4.21. The van der Waals surface area contributed by atoms with Crippen molar-refractivity contribution in [2.24, 2.45) is 0 Å². The van der Waals surface area contributed by atoms with E-state index in [1.807, 2.05) is 0 Å². The maximum atomic E-state index is 12.7. The fourth-order valence-electron chi connectivity index (χ4n) is 3.20. The Kier molecular flexibility index (Phi) is 7.87. The average Bonchev–Trinajstić information content (AvgIpc) is 2.63. The number of Topliss-reactive ketones (excluding diaryl/α,β-unsaturated/α-hetero) is 1. The Bertz CT molecular complexity index is 697. The average molecular weight is 409 g/mol. The van der Waals surface area contributed by atoms with Crippen LogP contribution in [0.5, 0.6) is 0 Å². The molecule has 0 saturated carbocycles. The van der Waals surface area contributed by atoms with Crippen LogP contribution in [0.2, 0.25) is 5.02 Å². The number of hydrogen-bond acceptors (Lipinski definition) is 4. The van der Waals surface area contributed by atoms with Gasteiger partial charge in [-0.25, -0.2) is 4.79 Å². The van der Waals surface area contributed by atoms with Crippen molar-refractivity contribution in [1.29, 1.82) is 0 Å². The number of nitrogens with zero attached hydrogens (tertiary/aromatic N) is 1. The van der Waals surface area contributed by atoms with Gasteiger partial charge in [0.1, 0.15) is 5.60 Å². The van der Waals surface area contributed by atoms with Gasteiger partial charge >= 0.3 is 6.09 Å². The van der Waals surface area contributed by atoms with Crippen LogP contribution in [0, 0.1) is 0 Å². The molecule has 2 amide bonds. The molecule has 0 aliphatic carbocycles. The molecule has 0 radical (unpaired) electrons. The van der Waals surface area contributed by atoms with Crippen molar-refractivity contribution in [1.82, 2.24) is 10.2 Å². The molecule has 7 heteroatoms. The number of carbonyl (C=O) groups excluding carboxylic acids is 3. The molecule has 1 fully saturated rings. The lowest BCUT2D eigenvalue weighted by Crippen LogP contribution is -2.50. The first kappa shape index (κ1) is 22.2. The zero-order valence-corrected chi connectivity index (χ0v) is 17.6. The Morgan fingerprint density at radius 2 is 1.82 bits per heavy atom. The molecule has 1 N–H and O–H groups in total. The van der Waals surface area contributed by atoms with Crippen LogP contribution in [0.1, 0.15) is 63.2 Å². The van der Waals surface area contributed by atoms with Gasteiger partial charge in [-0.15, -0.1) is 0 Å². The van der Waals surface area contributed by atoms with Crippen molar-refractivity contribution in [3.63, 3.8) is 0 Å². The number of hydrogen-bond donors (Lipinski definition) is 1. The molecule has 28 heavy (non-hydrogen) atoms. The van der Waals surface area contributed by atoms with Crippen LogP contribution in [0.4, 0.5) is 4.79 Å². The van der Waals surface area contributed by atoms with E-state index in [0.29, 0.717) is 23.7 Å². The van der Waals surface area contributed by atoms with E-state index in [1.165, 1.54) is 0 Å². The lowest BCUT2D eigenvalue weighted by Gasteiger charge is -2.36. The van der Waals surface area contributed by atoms with Gasteiger partial charge in [0.05, 0.1) is 0 Å². The molecule has 2 rings (SSSR count). The number of ketones is 1. The third-order valence-electron chi connectivity index (χ3n) is 4.56. The number of benzene rings is 1. The standard InChI is InChI=1S/C21H29ClN2O4/c1-21(2,3)28-20(27)23-14-17-6-4-5-13-24(17)19(26)12-11-18(25)15-7-9-16(22)10-8-15/h7-10,17H,4-6,11-14H2,1-3H3,(H,23,27). The van der Waals surface area contributed by atoms with Gasteiger partial charge in [0.15, 0.2) is 5.78 Å². The highest BCUT2D eigenvalue weighted by Crippen LogP contribution is 2.19. The van der Waals surface area contributed by atoms with Gasteiger partial charge in [0.25, 0.3) is 0 Å². The minimum atomic E-state index is -0.561. The highest BCUT2D eigenvalue weighted by Gasteiger charge is 2.28. The number of rotatable bonds is 6. The second kappa shape index (κ2) is 9.92. The summed E-state index contributed by atoms with van der Waals surface area (Å²) in [5.41, 5.74) is -0.00671. The number of halogens is 1. The zero-order valence-electron chi connectivity index (χ0n) is 16.8. The molecule has 1 aromatic rings. The summed E-state index contributed by atoms with van der Waals surface area (Å²) in [6, 6.07) is 6.60. The predicted molar refractivity (Wildman–Crippen MR) is 109 cm³/mol. The van der Waals surface area contributed by atoms with E-state index in [9.17, 15) is 14.4 Å². The molecule has 1 aliphatic rings. The second-order valence-electron chi connectivity index (χ2n) is 8.05. The zero-order chi connectivity index (χ0) is 20.7. The van der Waals surface area contributed by atoms with Gasteiger partial charge in [-0.05, 0) is 64.3 Å². The Labute approximate surface area is 171 Å². The van der Waals surface area contributed by atoms with Crippen molar-refractivity contribution >= 4 is 29.4 Å². The normalized spacial score (nSPS) is 17.1. The molecule has 6 nitrogen and oxygen atoms in total. The van der Waals surface area contributed by atoms with Crippen molar-refractivity contribution in [3.8, 4) is 0 Å². The van der Waals surface area contributed by atoms with Gasteiger partial charge in [-0.3, -0.25) is 9.59 Å². The molecule has 154 valence electrons. The maximum absolute atomic E-state index is 12.7. The van der Waals surface area contributed by atoms with Gasteiger partial charge in [-0.1, -0.05) is 11.6 Å². The van der Waals surface area contributed by atoms with Crippen molar-refractivity contribution in [2.45, 2.75) is 64.5 Å². The minimum Gasteiger partial charge on any atom is -0.444 e. The van der Waals surface area contributed by atoms with Crippen molar-refractivity contribution < 1.29 is 19.1 Å². The summed E-state index contributed by atoms with van der Waals surface area (Å²) < 4.78 is 5.25. The van der Waals surface area contributed by atoms with Crippen LogP contribution in [0.25, 0.3) is 0 Å². The number of amides is 2. The van der Waals surface area contributed by atoms with Gasteiger partial charge in [0.2, 0.25) is 5.91 Å². The lowest BCUT2D eigenvalue weighted by molar-refractivity contribution is -0.134. The monoisotopic (exact) mass is 408 g/mol. The summed E-state index contributed by atoms with van der Waals surface area (Å²) in [7, 11) is 0. The lowest BCUT2D eigenvalue weighted by atomic mass is 10.0. The number of likely N-dealkylation sites (tertiary alicyclic amines) is 1. The number of carbonyl (C=O) groups is 3. The third kappa shape index (κ3) is 7.15. The SMILES string of the molecule is CC(C)(C)OC(=O)NCC1CCCCN1C(=O)CCC(=O)c1ccc(Cl)cc1. The first-order chi connectivity index (χ1) is 13.2. The van der Waals surface area contributed by atoms with Gasteiger partial charge < -0.3 is 15.0 Å². The third-order valence-corrected chi connectivity index (χ3v) is 4.81. The van der Waals surface area contributed by atoms with Crippen LogP contribution in [-0.4, -0.2) is 47.4 Å². The molecule has 0 bridgehead atoms. The topological polar surface area (TPSA) is 75.7 Å². The van der Waals surface area contributed by atoms with Crippen LogP contribution in [-0.2, 0) is 9.53 Å². The van der Waals surface area contributed by atoms with E-state index in [4.69, 9.17) is 16.3 Å². The first-order valence-corrected chi connectivity index (χ1v) is 10.1. The minimum absolute atomic E-state index is 0.0574. The molecule has 1 aliphatic heterocycles.